The van der Waals surface area contributed by atoms with E-state index in [0.717, 1.165) is 23.4 Å². The van der Waals surface area contributed by atoms with E-state index >= 15 is 0 Å². The van der Waals surface area contributed by atoms with Gasteiger partial charge < -0.3 is 14.6 Å². The van der Waals surface area contributed by atoms with Crippen LogP contribution >= 0.6 is 0 Å². The third-order valence-corrected chi connectivity index (χ3v) is 4.89. The lowest BCUT2D eigenvalue weighted by molar-refractivity contribution is -0.123. The van der Waals surface area contributed by atoms with E-state index in [-0.39, 0.29) is 11.9 Å². The van der Waals surface area contributed by atoms with Crippen molar-refractivity contribution in [2.45, 2.75) is 19.1 Å². The molecule has 1 unspecified atom stereocenters. The summed E-state index contributed by atoms with van der Waals surface area (Å²) < 4.78 is 7.78. The van der Waals surface area contributed by atoms with Gasteiger partial charge in [-0.2, -0.15) is 0 Å². The van der Waals surface area contributed by atoms with Crippen molar-refractivity contribution in [3.63, 3.8) is 0 Å². The Morgan fingerprint density at radius 3 is 2.79 bits per heavy atom. The number of carbonyl (C=O) groups is 1. The number of ether oxygens (including phenoxy) is 1. The summed E-state index contributed by atoms with van der Waals surface area (Å²) in [6.07, 6.45) is 5.43. The molecule has 1 aliphatic rings. The molecule has 6 nitrogen and oxygen atoms in total. The van der Waals surface area contributed by atoms with Crippen molar-refractivity contribution < 1.29 is 9.53 Å². The zero-order chi connectivity index (χ0) is 19.2. The van der Waals surface area contributed by atoms with Crippen LogP contribution in [0.4, 0.5) is 0 Å². The maximum Gasteiger partial charge on any atom is 0.234 e. The molecule has 1 N–H and O–H groups in total. The summed E-state index contributed by atoms with van der Waals surface area (Å²) in [5.41, 5.74) is 2.19. The zero-order valence-electron chi connectivity index (χ0n) is 15.7. The van der Waals surface area contributed by atoms with Gasteiger partial charge in [0, 0.05) is 37.6 Å². The van der Waals surface area contributed by atoms with E-state index in [9.17, 15) is 4.79 Å². The monoisotopic (exact) mass is 376 g/mol. The average Bonchev–Trinajstić information content (AvgIpc) is 3.14. The van der Waals surface area contributed by atoms with Gasteiger partial charge in [-0.25, -0.2) is 4.98 Å². The number of para-hydroxylation sites is 1. The Labute approximate surface area is 164 Å². The molecule has 0 fully saturated rings. The van der Waals surface area contributed by atoms with E-state index in [1.54, 1.807) is 12.5 Å². The first-order valence-corrected chi connectivity index (χ1v) is 9.51. The lowest BCUT2D eigenvalue weighted by atomic mass is 10.1. The highest BCUT2D eigenvalue weighted by atomic mass is 16.5. The highest BCUT2D eigenvalue weighted by molar-refractivity contribution is 5.78. The molecule has 1 aliphatic heterocycles. The molecule has 0 aliphatic carbocycles. The first-order chi connectivity index (χ1) is 13.8. The molecule has 2 aromatic carbocycles. The van der Waals surface area contributed by atoms with Gasteiger partial charge in [0.2, 0.25) is 5.91 Å². The van der Waals surface area contributed by atoms with Crippen molar-refractivity contribution >= 4 is 5.91 Å². The molecular weight excluding hydrogens is 352 g/mol. The number of carbonyl (C=O) groups excluding carboxylic acids is 1. The molecule has 0 saturated heterocycles. The van der Waals surface area contributed by atoms with Gasteiger partial charge >= 0.3 is 0 Å². The van der Waals surface area contributed by atoms with Crippen LogP contribution in [-0.4, -0.2) is 40.1 Å². The van der Waals surface area contributed by atoms with Gasteiger partial charge in [0.05, 0.1) is 18.9 Å². The minimum atomic E-state index is -0.113. The number of fused-ring (bicyclic) bond motifs is 1. The average molecular weight is 376 g/mol. The molecule has 0 bridgehead atoms. The summed E-state index contributed by atoms with van der Waals surface area (Å²) in [5.74, 6) is 0.918. The number of aromatic nitrogens is 2. The Hall–Kier alpha value is -3.12. The van der Waals surface area contributed by atoms with Crippen molar-refractivity contribution in [1.82, 2.24) is 19.8 Å². The number of nitrogens with zero attached hydrogens (tertiary/aromatic N) is 3. The number of imidazole rings is 1. The molecule has 0 spiro atoms. The van der Waals surface area contributed by atoms with Crippen LogP contribution in [0.3, 0.4) is 0 Å². The highest BCUT2D eigenvalue weighted by Crippen LogP contribution is 2.22. The van der Waals surface area contributed by atoms with E-state index < -0.39 is 0 Å². The Balaban J connectivity index is 1.43. The fraction of sp³-hybridized carbons (Fsp3) is 0.273. The summed E-state index contributed by atoms with van der Waals surface area (Å²) in [5, 5.41) is 3.19. The maximum atomic E-state index is 12.8. The SMILES string of the molecule is O=C(CN1CCOc2ccccc2C1)NC(Cn1ccnc1)c1ccccc1. The summed E-state index contributed by atoms with van der Waals surface area (Å²) in [7, 11) is 0. The molecule has 1 amide bonds. The second-order valence-electron chi connectivity index (χ2n) is 6.96. The third kappa shape index (κ3) is 4.58. The molecule has 6 heteroatoms. The van der Waals surface area contributed by atoms with Crippen molar-refractivity contribution in [3.05, 3.63) is 84.4 Å². The van der Waals surface area contributed by atoms with Crippen LogP contribution < -0.4 is 10.1 Å². The number of hydrogen-bond acceptors (Lipinski definition) is 4. The van der Waals surface area contributed by atoms with E-state index in [2.05, 4.69) is 21.3 Å². The Kier molecular flexibility index (Phi) is 5.68. The topological polar surface area (TPSA) is 59.4 Å². The van der Waals surface area contributed by atoms with E-state index in [1.807, 2.05) is 59.3 Å². The minimum Gasteiger partial charge on any atom is -0.492 e. The van der Waals surface area contributed by atoms with Gasteiger partial charge in [0.1, 0.15) is 12.4 Å². The molecular formula is C22H24N4O2. The zero-order valence-corrected chi connectivity index (χ0v) is 15.7. The summed E-state index contributed by atoms with van der Waals surface area (Å²) in [6.45, 7) is 2.99. The van der Waals surface area contributed by atoms with Crippen LogP contribution in [0.5, 0.6) is 5.75 Å². The van der Waals surface area contributed by atoms with Crippen molar-refractivity contribution in [1.29, 1.82) is 0 Å². The Bertz CT molecular complexity index is 896. The Morgan fingerprint density at radius 1 is 1.14 bits per heavy atom. The van der Waals surface area contributed by atoms with Gasteiger partial charge in [-0.05, 0) is 11.6 Å². The van der Waals surface area contributed by atoms with Gasteiger partial charge in [0.25, 0.3) is 0 Å². The summed E-state index contributed by atoms with van der Waals surface area (Å²) >= 11 is 0. The molecule has 1 aromatic heterocycles. The molecule has 3 aromatic rings. The van der Waals surface area contributed by atoms with E-state index in [4.69, 9.17) is 4.74 Å². The van der Waals surface area contributed by atoms with Crippen LogP contribution in [-0.2, 0) is 17.9 Å². The van der Waals surface area contributed by atoms with E-state index in [1.165, 1.54) is 0 Å². The van der Waals surface area contributed by atoms with Crippen molar-refractivity contribution in [2.24, 2.45) is 0 Å². The second-order valence-corrected chi connectivity index (χ2v) is 6.96. The standard InChI is InChI=1S/C22H24N4O2/c27-22(16-25-12-13-28-21-9-5-4-8-19(21)14-25)24-20(15-26-11-10-23-17-26)18-6-2-1-3-7-18/h1-11,17,20H,12-16H2,(H,24,27). The molecule has 144 valence electrons. The lowest BCUT2D eigenvalue weighted by Crippen LogP contribution is -2.40. The second kappa shape index (κ2) is 8.71. The maximum absolute atomic E-state index is 12.8. The molecule has 0 radical (unpaired) electrons. The predicted molar refractivity (Wildman–Crippen MR) is 107 cm³/mol. The van der Waals surface area contributed by atoms with Crippen molar-refractivity contribution in [3.8, 4) is 5.75 Å². The first-order valence-electron chi connectivity index (χ1n) is 9.51. The largest absolute Gasteiger partial charge is 0.492 e. The number of nitrogens with one attached hydrogen (secondary N) is 1. The normalized spacial score (nSPS) is 15.1. The molecule has 0 saturated carbocycles. The summed E-state index contributed by atoms with van der Waals surface area (Å²) in [4.78, 5) is 19.1. The highest BCUT2D eigenvalue weighted by Gasteiger charge is 2.20. The smallest absolute Gasteiger partial charge is 0.234 e. The Morgan fingerprint density at radius 2 is 1.96 bits per heavy atom. The first kappa shape index (κ1) is 18.3. The van der Waals surface area contributed by atoms with E-state index in [0.29, 0.717) is 26.2 Å². The van der Waals surface area contributed by atoms with Crippen LogP contribution in [0.25, 0.3) is 0 Å². The molecule has 4 rings (SSSR count). The fourth-order valence-electron chi connectivity index (χ4n) is 3.48. The minimum absolute atomic E-state index is 0.00773. The van der Waals surface area contributed by atoms with Gasteiger partial charge in [-0.15, -0.1) is 0 Å². The molecule has 2 heterocycles. The lowest BCUT2D eigenvalue weighted by Gasteiger charge is -2.23. The van der Waals surface area contributed by atoms with Crippen molar-refractivity contribution in [2.75, 3.05) is 19.7 Å². The number of amides is 1. The van der Waals surface area contributed by atoms with Crippen LogP contribution in [0.15, 0.2) is 73.3 Å². The molecule has 1 atom stereocenters. The van der Waals surface area contributed by atoms with Gasteiger partial charge in [0.15, 0.2) is 0 Å². The number of benzene rings is 2. The predicted octanol–water partition coefficient (Wildman–Crippen LogP) is 2.64. The third-order valence-electron chi connectivity index (χ3n) is 4.89. The quantitative estimate of drug-likeness (QED) is 0.719. The van der Waals surface area contributed by atoms with Gasteiger partial charge in [-0.1, -0.05) is 48.5 Å². The molecule has 28 heavy (non-hydrogen) atoms. The number of hydrogen-bond donors (Lipinski definition) is 1. The number of rotatable bonds is 6. The summed E-state index contributed by atoms with van der Waals surface area (Å²) in [6, 6.07) is 17.9. The van der Waals surface area contributed by atoms with Crippen LogP contribution in [0, 0.1) is 0 Å². The van der Waals surface area contributed by atoms with Gasteiger partial charge in [-0.3, -0.25) is 9.69 Å². The fourth-order valence-corrected chi connectivity index (χ4v) is 3.48. The van der Waals surface area contributed by atoms with Crippen LogP contribution in [0.2, 0.25) is 0 Å². The van der Waals surface area contributed by atoms with Crippen LogP contribution in [0.1, 0.15) is 17.2 Å².